The standard InChI is InChI=1S/C13H16FN3/c1-13(2)6-8(13)7-17-10-5-3-4-9(14)11(10)16-12(17)15/h3-5,8H,6-7H2,1-2H3,(H2,15,16). The van der Waals surface area contributed by atoms with Crippen LogP contribution in [-0.4, -0.2) is 9.55 Å². The SMILES string of the molecule is CC1(C)CC1Cn1c(N)nc2c(F)cccc21. The van der Waals surface area contributed by atoms with Crippen molar-refractivity contribution in [2.75, 3.05) is 5.73 Å². The molecule has 1 aliphatic carbocycles. The molecule has 90 valence electrons. The molecule has 3 nitrogen and oxygen atoms in total. The smallest absolute Gasteiger partial charge is 0.201 e. The van der Waals surface area contributed by atoms with Crippen molar-refractivity contribution in [3.05, 3.63) is 24.0 Å². The van der Waals surface area contributed by atoms with E-state index in [4.69, 9.17) is 5.73 Å². The van der Waals surface area contributed by atoms with Gasteiger partial charge in [-0.3, -0.25) is 0 Å². The number of para-hydroxylation sites is 1. The van der Waals surface area contributed by atoms with E-state index in [1.165, 1.54) is 12.5 Å². The Labute approximate surface area is 99.4 Å². The quantitative estimate of drug-likeness (QED) is 0.866. The molecule has 0 radical (unpaired) electrons. The molecular weight excluding hydrogens is 217 g/mol. The molecule has 4 heteroatoms. The lowest BCUT2D eigenvalue weighted by Crippen LogP contribution is -2.07. The van der Waals surface area contributed by atoms with Crippen molar-refractivity contribution < 1.29 is 4.39 Å². The molecule has 2 N–H and O–H groups in total. The Bertz CT molecular complexity index is 586. The zero-order valence-electron chi connectivity index (χ0n) is 10.1. The first kappa shape index (κ1) is 10.6. The van der Waals surface area contributed by atoms with E-state index in [0.717, 1.165) is 12.1 Å². The summed E-state index contributed by atoms with van der Waals surface area (Å²) in [6.45, 7) is 5.32. The number of rotatable bonds is 2. The fraction of sp³-hybridized carbons (Fsp3) is 0.462. The number of imidazole rings is 1. The van der Waals surface area contributed by atoms with Crippen molar-refractivity contribution in [3.63, 3.8) is 0 Å². The van der Waals surface area contributed by atoms with Gasteiger partial charge in [0.15, 0.2) is 5.82 Å². The maximum absolute atomic E-state index is 13.6. The zero-order valence-corrected chi connectivity index (χ0v) is 10.1. The average molecular weight is 233 g/mol. The molecule has 1 atom stereocenters. The molecule has 1 unspecified atom stereocenters. The van der Waals surface area contributed by atoms with E-state index >= 15 is 0 Å². The van der Waals surface area contributed by atoms with Crippen LogP contribution in [0.2, 0.25) is 0 Å². The van der Waals surface area contributed by atoms with E-state index in [0.29, 0.717) is 22.8 Å². The molecule has 17 heavy (non-hydrogen) atoms. The third-order valence-electron chi connectivity index (χ3n) is 3.88. The summed E-state index contributed by atoms with van der Waals surface area (Å²) in [6.07, 6.45) is 1.20. The van der Waals surface area contributed by atoms with Gasteiger partial charge >= 0.3 is 0 Å². The molecular formula is C13H16FN3. The maximum Gasteiger partial charge on any atom is 0.201 e. The Morgan fingerprint density at radius 3 is 2.88 bits per heavy atom. The topological polar surface area (TPSA) is 43.8 Å². The number of halogens is 1. The maximum atomic E-state index is 13.6. The third-order valence-corrected chi connectivity index (χ3v) is 3.88. The minimum absolute atomic E-state index is 0.303. The van der Waals surface area contributed by atoms with Gasteiger partial charge in [0.2, 0.25) is 5.95 Å². The van der Waals surface area contributed by atoms with Crippen molar-refractivity contribution >= 4 is 17.0 Å². The second kappa shape index (κ2) is 3.22. The number of nitrogens with two attached hydrogens (primary N) is 1. The fourth-order valence-corrected chi connectivity index (χ4v) is 2.43. The summed E-state index contributed by atoms with van der Waals surface area (Å²) in [5.41, 5.74) is 7.43. The van der Waals surface area contributed by atoms with Gasteiger partial charge in [-0.15, -0.1) is 0 Å². The van der Waals surface area contributed by atoms with Gasteiger partial charge in [-0.05, 0) is 29.9 Å². The Morgan fingerprint density at radius 2 is 2.24 bits per heavy atom. The molecule has 0 aliphatic heterocycles. The first-order valence-electron chi connectivity index (χ1n) is 5.89. The highest BCUT2D eigenvalue weighted by atomic mass is 19.1. The van der Waals surface area contributed by atoms with Gasteiger partial charge in [0, 0.05) is 6.54 Å². The largest absolute Gasteiger partial charge is 0.369 e. The first-order valence-corrected chi connectivity index (χ1v) is 5.89. The summed E-state index contributed by atoms with van der Waals surface area (Å²) in [5, 5.41) is 0. The number of aromatic nitrogens is 2. The first-order chi connectivity index (χ1) is 7.99. The number of anilines is 1. The molecule has 1 aliphatic rings. The molecule has 1 heterocycles. The molecule has 2 aromatic rings. The van der Waals surface area contributed by atoms with Gasteiger partial charge in [-0.2, -0.15) is 0 Å². The Kier molecular flexibility index (Phi) is 2.00. The summed E-state index contributed by atoms with van der Waals surface area (Å²) in [5.74, 6) is 0.723. The van der Waals surface area contributed by atoms with Crippen LogP contribution in [0, 0.1) is 17.2 Å². The predicted octanol–water partition coefficient (Wildman–Crippen LogP) is 2.80. The number of fused-ring (bicyclic) bond motifs is 1. The van der Waals surface area contributed by atoms with Crippen LogP contribution in [-0.2, 0) is 6.54 Å². The molecule has 1 fully saturated rings. The van der Waals surface area contributed by atoms with Crippen LogP contribution in [0.1, 0.15) is 20.3 Å². The summed E-state index contributed by atoms with van der Waals surface area (Å²) in [7, 11) is 0. The lowest BCUT2D eigenvalue weighted by Gasteiger charge is -2.07. The van der Waals surface area contributed by atoms with Gasteiger partial charge in [0.25, 0.3) is 0 Å². The second-order valence-electron chi connectivity index (χ2n) is 5.58. The van der Waals surface area contributed by atoms with Crippen LogP contribution in [0.15, 0.2) is 18.2 Å². The Balaban J connectivity index is 2.04. The monoisotopic (exact) mass is 233 g/mol. The van der Waals surface area contributed by atoms with E-state index in [1.807, 2.05) is 10.6 Å². The number of nitrogens with zero attached hydrogens (tertiary/aromatic N) is 2. The summed E-state index contributed by atoms with van der Waals surface area (Å²) in [6, 6.07) is 4.99. The van der Waals surface area contributed by atoms with Gasteiger partial charge in [0.05, 0.1) is 5.52 Å². The van der Waals surface area contributed by atoms with E-state index < -0.39 is 0 Å². The van der Waals surface area contributed by atoms with Crippen molar-refractivity contribution in [2.24, 2.45) is 11.3 Å². The predicted molar refractivity (Wildman–Crippen MR) is 66.0 cm³/mol. The van der Waals surface area contributed by atoms with Gasteiger partial charge in [-0.25, -0.2) is 9.37 Å². The van der Waals surface area contributed by atoms with Crippen LogP contribution in [0.4, 0.5) is 10.3 Å². The van der Waals surface area contributed by atoms with Gasteiger partial charge in [-0.1, -0.05) is 19.9 Å². The highest BCUT2D eigenvalue weighted by Gasteiger charge is 2.45. The zero-order chi connectivity index (χ0) is 12.2. The number of benzene rings is 1. The second-order valence-corrected chi connectivity index (χ2v) is 5.58. The van der Waals surface area contributed by atoms with Crippen molar-refractivity contribution in [1.82, 2.24) is 9.55 Å². The Morgan fingerprint density at radius 1 is 1.53 bits per heavy atom. The van der Waals surface area contributed by atoms with Crippen molar-refractivity contribution in [1.29, 1.82) is 0 Å². The highest BCUT2D eigenvalue weighted by molar-refractivity contribution is 5.78. The third kappa shape index (κ3) is 1.59. The van der Waals surface area contributed by atoms with Crippen LogP contribution in [0.25, 0.3) is 11.0 Å². The average Bonchev–Trinajstić information content (AvgIpc) is 2.71. The number of nitrogen functional groups attached to an aromatic ring is 1. The molecule has 0 spiro atoms. The highest BCUT2D eigenvalue weighted by Crippen LogP contribution is 2.52. The molecule has 1 saturated carbocycles. The van der Waals surface area contributed by atoms with Crippen LogP contribution < -0.4 is 5.73 Å². The number of hydrogen-bond donors (Lipinski definition) is 1. The molecule has 1 aromatic heterocycles. The van der Waals surface area contributed by atoms with Gasteiger partial charge in [0.1, 0.15) is 5.52 Å². The molecule has 0 bridgehead atoms. The van der Waals surface area contributed by atoms with E-state index in [1.54, 1.807) is 6.07 Å². The van der Waals surface area contributed by atoms with E-state index in [2.05, 4.69) is 18.8 Å². The van der Waals surface area contributed by atoms with Gasteiger partial charge < -0.3 is 10.3 Å². The lowest BCUT2D eigenvalue weighted by molar-refractivity contribution is 0.507. The lowest BCUT2D eigenvalue weighted by atomic mass is 10.1. The summed E-state index contributed by atoms with van der Waals surface area (Å²) in [4.78, 5) is 4.11. The molecule has 3 rings (SSSR count). The van der Waals surface area contributed by atoms with Crippen LogP contribution >= 0.6 is 0 Å². The normalized spacial score (nSPS) is 21.9. The molecule has 0 saturated heterocycles. The van der Waals surface area contributed by atoms with Crippen molar-refractivity contribution in [2.45, 2.75) is 26.8 Å². The summed E-state index contributed by atoms with van der Waals surface area (Å²) < 4.78 is 15.5. The Hall–Kier alpha value is -1.58. The van der Waals surface area contributed by atoms with Crippen molar-refractivity contribution in [3.8, 4) is 0 Å². The number of hydrogen-bond acceptors (Lipinski definition) is 2. The van der Waals surface area contributed by atoms with Crippen LogP contribution in [0.5, 0.6) is 0 Å². The minimum Gasteiger partial charge on any atom is -0.369 e. The molecule has 1 aromatic carbocycles. The fourth-order valence-electron chi connectivity index (χ4n) is 2.43. The van der Waals surface area contributed by atoms with Crippen LogP contribution in [0.3, 0.4) is 0 Å². The summed E-state index contributed by atoms with van der Waals surface area (Å²) >= 11 is 0. The van der Waals surface area contributed by atoms with E-state index in [9.17, 15) is 4.39 Å². The minimum atomic E-state index is -0.303. The van der Waals surface area contributed by atoms with E-state index in [-0.39, 0.29) is 5.82 Å². The molecule has 0 amide bonds.